The van der Waals surface area contributed by atoms with Gasteiger partial charge in [-0.05, 0) is 81.0 Å². The van der Waals surface area contributed by atoms with E-state index in [4.69, 9.17) is 18.9 Å². The summed E-state index contributed by atoms with van der Waals surface area (Å²) in [6, 6.07) is 44.4. The Morgan fingerprint density at radius 1 is 0.764 bits per heavy atom. The van der Waals surface area contributed by atoms with E-state index in [1.807, 2.05) is 138 Å². The van der Waals surface area contributed by atoms with Crippen LogP contribution in [0.2, 0.25) is 0 Å². The molecule has 1 fully saturated rings. The molecule has 288 valence electrons. The van der Waals surface area contributed by atoms with Crippen molar-refractivity contribution in [1.82, 2.24) is 9.80 Å². The van der Waals surface area contributed by atoms with Crippen LogP contribution in [-0.4, -0.2) is 52.0 Å². The molecule has 6 rings (SSSR count). The van der Waals surface area contributed by atoms with Crippen molar-refractivity contribution < 1.29 is 28.1 Å². The second kappa shape index (κ2) is 18.1. The molecule has 1 amide bonds. The molecule has 5 aromatic carbocycles. The van der Waals surface area contributed by atoms with Gasteiger partial charge >= 0.3 is 6.09 Å². The Morgan fingerprint density at radius 2 is 1.27 bits per heavy atom. The third-order valence-corrected chi connectivity index (χ3v) is 9.70. The lowest BCUT2D eigenvalue weighted by molar-refractivity contribution is -0.0897. The average molecular weight is 745 g/mol. The molecule has 8 heteroatoms. The topological polar surface area (TPSA) is 60.5 Å². The minimum Gasteiger partial charge on any atom is -0.489 e. The molecule has 3 atom stereocenters. The fourth-order valence-electron chi connectivity index (χ4n) is 7.17. The van der Waals surface area contributed by atoms with Crippen LogP contribution in [-0.2, 0) is 46.9 Å². The first-order valence-electron chi connectivity index (χ1n) is 19.0. The molecule has 0 aromatic heterocycles. The minimum atomic E-state index is -0.979. The van der Waals surface area contributed by atoms with Gasteiger partial charge in [-0.2, -0.15) is 0 Å². The lowest BCUT2D eigenvalue weighted by atomic mass is 9.92. The predicted octanol–water partition coefficient (Wildman–Crippen LogP) is 9.98. The minimum absolute atomic E-state index is 0.224. The summed E-state index contributed by atoms with van der Waals surface area (Å²) >= 11 is 0. The molecule has 1 saturated heterocycles. The number of hydrogen-bond acceptors (Lipinski definition) is 6. The fourth-order valence-corrected chi connectivity index (χ4v) is 7.17. The zero-order chi connectivity index (χ0) is 38.8. The van der Waals surface area contributed by atoms with Gasteiger partial charge in [-0.25, -0.2) is 9.18 Å². The quantitative estimate of drug-likeness (QED) is 0.106. The Morgan fingerprint density at radius 3 is 1.80 bits per heavy atom. The Kier molecular flexibility index (Phi) is 13.0. The number of benzene rings is 5. The summed E-state index contributed by atoms with van der Waals surface area (Å²) in [4.78, 5) is 18.2. The van der Waals surface area contributed by atoms with Crippen LogP contribution in [0.5, 0.6) is 5.75 Å². The van der Waals surface area contributed by atoms with Crippen LogP contribution < -0.4 is 4.74 Å². The highest BCUT2D eigenvalue weighted by Crippen LogP contribution is 2.36. The first-order valence-corrected chi connectivity index (χ1v) is 19.0. The molecule has 7 nitrogen and oxygen atoms in total. The highest BCUT2D eigenvalue weighted by molar-refractivity contribution is 5.70. The summed E-state index contributed by atoms with van der Waals surface area (Å²) in [6.07, 6.45) is -0.705. The van der Waals surface area contributed by atoms with Crippen LogP contribution >= 0.6 is 0 Å². The van der Waals surface area contributed by atoms with E-state index in [1.165, 1.54) is 6.07 Å². The van der Waals surface area contributed by atoms with E-state index in [1.54, 1.807) is 11.0 Å². The lowest BCUT2D eigenvalue weighted by Crippen LogP contribution is -2.59. The number of nitrogens with zero attached hydrogens (tertiary/aromatic N) is 2. The van der Waals surface area contributed by atoms with Crippen molar-refractivity contribution in [2.24, 2.45) is 0 Å². The third kappa shape index (κ3) is 11.3. The fraction of sp³-hybridized carbons (Fsp3) is 0.340. The maximum atomic E-state index is 15.6. The van der Waals surface area contributed by atoms with Crippen molar-refractivity contribution in [1.29, 1.82) is 0 Å². The summed E-state index contributed by atoms with van der Waals surface area (Å²) in [6.45, 7) is 11.3. The van der Waals surface area contributed by atoms with E-state index in [-0.39, 0.29) is 18.5 Å². The number of halogens is 1. The van der Waals surface area contributed by atoms with Crippen molar-refractivity contribution in [3.63, 3.8) is 0 Å². The van der Waals surface area contributed by atoms with Crippen molar-refractivity contribution in [3.8, 4) is 5.75 Å². The summed E-state index contributed by atoms with van der Waals surface area (Å²) in [5, 5.41) is 0. The molecule has 0 saturated carbocycles. The first-order chi connectivity index (χ1) is 26.4. The van der Waals surface area contributed by atoms with Gasteiger partial charge in [-0.15, -0.1) is 0 Å². The monoisotopic (exact) mass is 744 g/mol. The van der Waals surface area contributed by atoms with Gasteiger partial charge in [0.25, 0.3) is 0 Å². The molecule has 0 bridgehead atoms. The summed E-state index contributed by atoms with van der Waals surface area (Å²) in [5.41, 5.74) is 3.25. The maximum absolute atomic E-state index is 15.6. The van der Waals surface area contributed by atoms with E-state index in [9.17, 15) is 4.79 Å². The molecule has 0 radical (unpaired) electrons. The molecule has 1 aliphatic rings. The normalized spacial score (nSPS) is 16.5. The van der Waals surface area contributed by atoms with Crippen LogP contribution in [0.15, 0.2) is 140 Å². The van der Waals surface area contributed by atoms with Crippen molar-refractivity contribution in [2.45, 2.75) is 96.9 Å². The number of ether oxygens (including phenoxy) is 4. The van der Waals surface area contributed by atoms with Gasteiger partial charge < -0.3 is 18.9 Å². The number of carbonyl (C=O) groups is 1. The third-order valence-electron chi connectivity index (χ3n) is 9.70. The summed E-state index contributed by atoms with van der Waals surface area (Å²) in [5.74, 6) is 0.0530. The van der Waals surface area contributed by atoms with Crippen LogP contribution in [0, 0.1) is 5.82 Å². The Hall–Kier alpha value is -5.02. The first kappa shape index (κ1) is 39.7. The van der Waals surface area contributed by atoms with Crippen LogP contribution in [0.4, 0.5) is 9.18 Å². The van der Waals surface area contributed by atoms with Crippen molar-refractivity contribution in [2.75, 3.05) is 6.61 Å². The van der Waals surface area contributed by atoms with E-state index < -0.39 is 29.6 Å². The molecule has 1 aliphatic heterocycles. The zero-order valence-electron chi connectivity index (χ0n) is 32.6. The van der Waals surface area contributed by atoms with Crippen LogP contribution in [0.3, 0.4) is 0 Å². The molecule has 0 unspecified atom stereocenters. The van der Waals surface area contributed by atoms with E-state index in [0.29, 0.717) is 38.5 Å². The molecule has 0 spiro atoms. The number of amides is 1. The molecule has 0 aliphatic carbocycles. The second-order valence-electron chi connectivity index (χ2n) is 15.7. The lowest BCUT2D eigenvalue weighted by Gasteiger charge is -2.43. The second-order valence-corrected chi connectivity index (χ2v) is 15.7. The molecular formula is C47H53FN2O5. The van der Waals surface area contributed by atoms with Gasteiger partial charge in [0.15, 0.2) is 0 Å². The Bertz CT molecular complexity index is 1900. The summed E-state index contributed by atoms with van der Waals surface area (Å²) < 4.78 is 41.2. The number of carbonyl (C=O) groups excluding carboxylic acids is 1. The predicted molar refractivity (Wildman–Crippen MR) is 214 cm³/mol. The van der Waals surface area contributed by atoms with Crippen LogP contribution in [0.25, 0.3) is 0 Å². The highest BCUT2D eigenvalue weighted by Gasteiger charge is 2.51. The van der Waals surface area contributed by atoms with Crippen LogP contribution in [0.1, 0.15) is 62.4 Å². The van der Waals surface area contributed by atoms with Gasteiger partial charge in [0, 0.05) is 25.2 Å². The number of hydrogen-bond donors (Lipinski definition) is 0. The molecule has 5 aromatic rings. The van der Waals surface area contributed by atoms with Gasteiger partial charge in [0.2, 0.25) is 0 Å². The largest absolute Gasteiger partial charge is 0.489 e. The molecule has 1 heterocycles. The zero-order valence-corrected chi connectivity index (χ0v) is 32.6. The maximum Gasteiger partial charge on any atom is 0.412 e. The van der Waals surface area contributed by atoms with E-state index >= 15 is 4.39 Å². The van der Waals surface area contributed by atoms with Gasteiger partial charge in [0.1, 0.15) is 29.5 Å². The average Bonchev–Trinajstić information content (AvgIpc) is 3.48. The van der Waals surface area contributed by atoms with Gasteiger partial charge in [-0.1, -0.05) is 121 Å². The van der Waals surface area contributed by atoms with Gasteiger partial charge in [0.05, 0.1) is 25.4 Å². The van der Waals surface area contributed by atoms with Gasteiger partial charge in [-0.3, -0.25) is 9.80 Å². The molecule has 0 N–H and O–H groups in total. The highest BCUT2D eigenvalue weighted by atomic mass is 19.1. The van der Waals surface area contributed by atoms with Crippen molar-refractivity contribution in [3.05, 3.63) is 173 Å². The van der Waals surface area contributed by atoms with Crippen molar-refractivity contribution >= 4 is 6.09 Å². The Labute approximate surface area is 325 Å². The van der Waals surface area contributed by atoms with E-state index in [0.717, 1.165) is 27.8 Å². The smallest absolute Gasteiger partial charge is 0.412 e. The molecule has 55 heavy (non-hydrogen) atoms. The number of rotatable bonds is 15. The summed E-state index contributed by atoms with van der Waals surface area (Å²) in [7, 11) is 0. The van der Waals surface area contributed by atoms with E-state index in [2.05, 4.69) is 29.2 Å². The SMILES string of the molecule is CC(C)(C)OC(=O)N1[C@@H]([C@H](OCc2ccccc2)[C@H](Cc2cc(F)cc(OCc3ccccc3)c2)N(Cc2ccccc2)Cc2ccccc2)COC1(C)C. The standard InChI is InChI=1S/C47H53FN2O5/c1-46(2,3)55-45(51)50-43(34-54-47(50,4)5)44(53-33-38-24-16-9-17-25-38)42(49(30-35-18-10-6-11-19-35)31-36-20-12-7-13-21-36)28-39-26-40(48)29-41(27-39)52-32-37-22-14-8-15-23-37/h6-27,29,42-44H,28,30-34H2,1-5H3/t42-,43+,44+/m0/s1. The molecular weight excluding hydrogens is 692 g/mol. The Balaban J connectivity index is 1.46.